The van der Waals surface area contributed by atoms with Gasteiger partial charge in [0.2, 0.25) is 0 Å². The quantitative estimate of drug-likeness (QED) is 0.781. The van der Waals surface area contributed by atoms with E-state index in [9.17, 15) is 18.0 Å². The number of hydrogen-bond acceptors (Lipinski definition) is 2. The summed E-state index contributed by atoms with van der Waals surface area (Å²) in [5.74, 6) is -0.625. The molecule has 0 aliphatic rings. The molecule has 0 atom stereocenters. The van der Waals surface area contributed by atoms with E-state index in [1.807, 2.05) is 6.07 Å². The Kier molecular flexibility index (Phi) is 3.84. The average Bonchev–Trinajstić information content (AvgIpc) is 2.70. The van der Waals surface area contributed by atoms with Gasteiger partial charge in [-0.25, -0.2) is 0 Å². The molecule has 0 unspecified atom stereocenters. The first kappa shape index (κ1) is 15.8. The van der Waals surface area contributed by atoms with Gasteiger partial charge in [-0.05, 0) is 45.0 Å². The van der Waals surface area contributed by atoms with Crippen LogP contribution in [0.5, 0.6) is 0 Å². The summed E-state index contributed by atoms with van der Waals surface area (Å²) in [5.41, 5.74) is -0.126. The van der Waals surface area contributed by atoms with E-state index in [0.717, 1.165) is 6.92 Å². The molecule has 0 spiro atoms. The summed E-state index contributed by atoms with van der Waals surface area (Å²) in [5, 5.41) is 8.79. The zero-order chi connectivity index (χ0) is 16.7. The Morgan fingerprint density at radius 2 is 1.68 bits per heavy atom. The fraction of sp³-hybridized carbons (Fsp3) is 0.250. The Balaban J connectivity index is 2.77. The van der Waals surface area contributed by atoms with Crippen LogP contribution < -0.4 is 0 Å². The number of nitrogens with zero attached hydrogens (tertiary/aromatic N) is 2. The highest BCUT2D eigenvalue weighted by atomic mass is 19.4. The summed E-state index contributed by atoms with van der Waals surface area (Å²) in [4.78, 5) is 11.7. The van der Waals surface area contributed by atoms with Gasteiger partial charge in [0.25, 0.3) is 0 Å². The molecule has 1 aromatic heterocycles. The van der Waals surface area contributed by atoms with Crippen molar-refractivity contribution >= 4 is 5.78 Å². The lowest BCUT2D eigenvalue weighted by Gasteiger charge is -2.11. The van der Waals surface area contributed by atoms with Crippen LogP contribution in [0.4, 0.5) is 13.2 Å². The molecule has 0 saturated heterocycles. The second-order valence-electron chi connectivity index (χ2n) is 4.97. The topological polar surface area (TPSA) is 45.8 Å². The van der Waals surface area contributed by atoms with Crippen molar-refractivity contribution in [3.05, 3.63) is 52.3 Å². The molecule has 0 saturated carbocycles. The van der Waals surface area contributed by atoms with Crippen LogP contribution in [0.2, 0.25) is 0 Å². The van der Waals surface area contributed by atoms with E-state index < -0.39 is 17.5 Å². The molecule has 1 aromatic carbocycles. The van der Waals surface area contributed by atoms with E-state index in [2.05, 4.69) is 0 Å². The number of carbonyl (C=O) groups is 1. The zero-order valence-corrected chi connectivity index (χ0v) is 12.2. The Morgan fingerprint density at radius 1 is 1.14 bits per heavy atom. The number of benzene rings is 1. The maximum absolute atomic E-state index is 13.3. The number of nitriles is 1. The predicted molar refractivity (Wildman–Crippen MR) is 75.0 cm³/mol. The van der Waals surface area contributed by atoms with Crippen LogP contribution in [0.15, 0.2) is 24.3 Å². The van der Waals surface area contributed by atoms with Crippen molar-refractivity contribution in [3.8, 4) is 11.8 Å². The summed E-state index contributed by atoms with van der Waals surface area (Å²) < 4.78 is 41.3. The third-order valence-corrected chi connectivity index (χ3v) is 3.53. The van der Waals surface area contributed by atoms with E-state index >= 15 is 0 Å². The highest BCUT2D eigenvalue weighted by Crippen LogP contribution is 2.39. The summed E-state index contributed by atoms with van der Waals surface area (Å²) in [7, 11) is 0. The van der Waals surface area contributed by atoms with Crippen LogP contribution in [-0.2, 0) is 6.18 Å². The summed E-state index contributed by atoms with van der Waals surface area (Å²) >= 11 is 0. The molecular formula is C16H13F3N2O. The lowest BCUT2D eigenvalue weighted by molar-refractivity contribution is -0.138. The molecule has 0 aliphatic heterocycles. The maximum atomic E-state index is 13.3. The number of aromatic nitrogens is 1. The van der Waals surface area contributed by atoms with E-state index in [1.54, 1.807) is 12.1 Å². The molecule has 6 heteroatoms. The average molecular weight is 306 g/mol. The van der Waals surface area contributed by atoms with Crippen molar-refractivity contribution < 1.29 is 18.0 Å². The second kappa shape index (κ2) is 5.34. The first-order valence-corrected chi connectivity index (χ1v) is 6.49. The molecule has 114 valence electrons. The standard InChI is InChI=1S/C16H13F3N2O/c1-9-14(11(3)22)15(16(17,18)19)10(2)21(9)13-6-4-12(8-20)5-7-13/h4-7H,1-3H3. The molecule has 1 heterocycles. The summed E-state index contributed by atoms with van der Waals surface area (Å²) in [6.45, 7) is 3.94. The molecular weight excluding hydrogens is 293 g/mol. The van der Waals surface area contributed by atoms with Crippen molar-refractivity contribution in [2.75, 3.05) is 0 Å². The van der Waals surface area contributed by atoms with Gasteiger partial charge in [0.15, 0.2) is 5.78 Å². The minimum absolute atomic E-state index is 0.0418. The lowest BCUT2D eigenvalue weighted by Crippen LogP contribution is -2.11. The predicted octanol–water partition coefficient (Wildman–Crippen LogP) is 4.19. The van der Waals surface area contributed by atoms with Crippen molar-refractivity contribution in [1.82, 2.24) is 4.57 Å². The first-order valence-electron chi connectivity index (χ1n) is 6.49. The number of rotatable bonds is 2. The number of carbonyl (C=O) groups excluding carboxylic acids is 1. The number of hydrogen-bond donors (Lipinski definition) is 0. The van der Waals surface area contributed by atoms with Crippen LogP contribution in [0, 0.1) is 25.2 Å². The van der Waals surface area contributed by atoms with Gasteiger partial charge in [0.05, 0.1) is 22.8 Å². The van der Waals surface area contributed by atoms with Crippen molar-refractivity contribution in [1.29, 1.82) is 5.26 Å². The molecule has 0 fully saturated rings. The lowest BCUT2D eigenvalue weighted by atomic mass is 10.1. The minimum atomic E-state index is -4.60. The van der Waals surface area contributed by atoms with E-state index in [0.29, 0.717) is 11.3 Å². The Bertz CT molecular complexity index is 778. The highest BCUT2D eigenvalue weighted by molar-refractivity contribution is 5.97. The number of alkyl halides is 3. The monoisotopic (exact) mass is 306 g/mol. The van der Waals surface area contributed by atoms with E-state index in [4.69, 9.17) is 5.26 Å². The van der Waals surface area contributed by atoms with Crippen molar-refractivity contribution in [3.63, 3.8) is 0 Å². The molecule has 0 aliphatic carbocycles. The zero-order valence-electron chi connectivity index (χ0n) is 12.2. The fourth-order valence-corrected chi connectivity index (χ4v) is 2.69. The van der Waals surface area contributed by atoms with Gasteiger partial charge >= 0.3 is 6.18 Å². The van der Waals surface area contributed by atoms with Crippen LogP contribution in [0.1, 0.15) is 39.8 Å². The highest BCUT2D eigenvalue weighted by Gasteiger charge is 2.40. The number of halogens is 3. The molecule has 3 nitrogen and oxygen atoms in total. The van der Waals surface area contributed by atoms with Crippen molar-refractivity contribution in [2.24, 2.45) is 0 Å². The third kappa shape index (κ3) is 2.50. The Hall–Kier alpha value is -2.55. The van der Waals surface area contributed by atoms with Gasteiger partial charge in [0.1, 0.15) is 0 Å². The maximum Gasteiger partial charge on any atom is 0.418 e. The minimum Gasteiger partial charge on any atom is -0.317 e. The van der Waals surface area contributed by atoms with Gasteiger partial charge in [-0.1, -0.05) is 0 Å². The molecule has 2 aromatic rings. The van der Waals surface area contributed by atoms with Crippen molar-refractivity contribution in [2.45, 2.75) is 26.9 Å². The van der Waals surface area contributed by atoms with Crippen LogP contribution in [0.3, 0.4) is 0 Å². The van der Waals surface area contributed by atoms with E-state index in [-0.39, 0.29) is 17.0 Å². The molecule has 0 N–H and O–H groups in total. The number of Topliss-reactive ketones (excluding diaryl/α,β-unsaturated/α-hetero) is 1. The SMILES string of the molecule is CC(=O)c1c(C(F)(F)F)c(C)n(-c2ccc(C#N)cc2)c1C. The van der Waals surface area contributed by atoms with Gasteiger partial charge in [-0.15, -0.1) is 0 Å². The first-order chi connectivity index (χ1) is 10.2. The van der Waals surface area contributed by atoms with Crippen LogP contribution >= 0.6 is 0 Å². The van der Waals surface area contributed by atoms with Gasteiger partial charge < -0.3 is 4.57 Å². The number of ketones is 1. The van der Waals surface area contributed by atoms with E-state index in [1.165, 1.54) is 30.5 Å². The molecule has 0 radical (unpaired) electrons. The summed E-state index contributed by atoms with van der Waals surface area (Å²) in [6, 6.07) is 8.11. The normalized spacial score (nSPS) is 11.3. The van der Waals surface area contributed by atoms with Gasteiger partial charge in [0, 0.05) is 17.1 Å². The molecule has 2 rings (SSSR count). The smallest absolute Gasteiger partial charge is 0.317 e. The third-order valence-electron chi connectivity index (χ3n) is 3.53. The Labute approximate surface area is 125 Å². The largest absolute Gasteiger partial charge is 0.418 e. The van der Waals surface area contributed by atoms with Gasteiger partial charge in [-0.2, -0.15) is 18.4 Å². The van der Waals surface area contributed by atoms with Crippen LogP contribution in [-0.4, -0.2) is 10.4 Å². The molecule has 0 bridgehead atoms. The van der Waals surface area contributed by atoms with Gasteiger partial charge in [-0.3, -0.25) is 4.79 Å². The molecule has 0 amide bonds. The van der Waals surface area contributed by atoms with Crippen LogP contribution in [0.25, 0.3) is 5.69 Å². The second-order valence-corrected chi connectivity index (χ2v) is 4.97. The fourth-order valence-electron chi connectivity index (χ4n) is 2.69. The summed E-state index contributed by atoms with van der Waals surface area (Å²) in [6.07, 6.45) is -4.60. The molecule has 22 heavy (non-hydrogen) atoms. The Morgan fingerprint density at radius 3 is 2.05 bits per heavy atom.